The number of amides is 2. The smallest absolute Gasteiger partial charge is 0.253 e. The molecule has 0 spiro atoms. The number of rotatable bonds is 7. The minimum absolute atomic E-state index is 0.274. The quantitative estimate of drug-likeness (QED) is 0.493. The highest BCUT2D eigenvalue weighted by Gasteiger charge is 2.11. The lowest BCUT2D eigenvalue weighted by Gasteiger charge is -2.09. The van der Waals surface area contributed by atoms with Gasteiger partial charge in [-0.2, -0.15) is 5.10 Å². The molecule has 0 saturated heterocycles. The van der Waals surface area contributed by atoms with E-state index in [1.807, 2.05) is 36.5 Å². The van der Waals surface area contributed by atoms with Gasteiger partial charge in [-0.25, -0.2) is 4.68 Å². The van der Waals surface area contributed by atoms with Crippen LogP contribution in [-0.2, 0) is 4.79 Å². The molecular formula is C22H20N4O2. The van der Waals surface area contributed by atoms with Gasteiger partial charge in [0.2, 0.25) is 5.91 Å². The molecule has 3 aromatic rings. The molecule has 6 nitrogen and oxygen atoms in total. The fourth-order valence-electron chi connectivity index (χ4n) is 2.54. The van der Waals surface area contributed by atoms with Crippen molar-refractivity contribution in [2.45, 2.75) is 0 Å². The van der Waals surface area contributed by atoms with Gasteiger partial charge < -0.3 is 10.6 Å². The van der Waals surface area contributed by atoms with E-state index in [2.05, 4.69) is 22.3 Å². The average Bonchev–Trinajstić information content (AvgIpc) is 3.21. The van der Waals surface area contributed by atoms with Crippen molar-refractivity contribution in [3.8, 4) is 5.69 Å². The molecule has 3 rings (SSSR count). The van der Waals surface area contributed by atoms with Crippen molar-refractivity contribution in [3.05, 3.63) is 96.8 Å². The maximum Gasteiger partial charge on any atom is 0.253 e. The van der Waals surface area contributed by atoms with E-state index in [9.17, 15) is 9.59 Å². The van der Waals surface area contributed by atoms with Crippen LogP contribution in [0, 0.1) is 0 Å². The second-order valence-electron chi connectivity index (χ2n) is 5.92. The van der Waals surface area contributed by atoms with Crippen LogP contribution in [0.2, 0.25) is 0 Å². The minimum Gasteiger partial charge on any atom is -0.349 e. The van der Waals surface area contributed by atoms with Gasteiger partial charge in [-0.15, -0.1) is 6.58 Å². The zero-order valence-electron chi connectivity index (χ0n) is 15.2. The summed E-state index contributed by atoms with van der Waals surface area (Å²) in [5, 5.41) is 9.73. The number of nitrogens with zero attached hydrogens (tertiary/aromatic N) is 2. The van der Waals surface area contributed by atoms with Gasteiger partial charge in [0.15, 0.2) is 0 Å². The lowest BCUT2D eigenvalue weighted by molar-refractivity contribution is -0.111. The van der Waals surface area contributed by atoms with Crippen LogP contribution in [0.25, 0.3) is 11.8 Å². The van der Waals surface area contributed by atoms with Crippen molar-refractivity contribution in [1.29, 1.82) is 0 Å². The first-order chi connectivity index (χ1) is 13.7. The number of para-hydroxylation sites is 2. The third-order valence-electron chi connectivity index (χ3n) is 3.89. The Labute approximate surface area is 163 Å². The number of anilines is 1. The first kappa shape index (κ1) is 18.8. The third kappa shape index (κ3) is 4.82. The summed E-state index contributed by atoms with van der Waals surface area (Å²) in [6.45, 7) is 3.92. The highest BCUT2D eigenvalue weighted by Crippen LogP contribution is 2.15. The van der Waals surface area contributed by atoms with Gasteiger partial charge in [0.1, 0.15) is 0 Å². The number of carbonyl (C=O) groups is 2. The third-order valence-corrected chi connectivity index (χ3v) is 3.89. The maximum absolute atomic E-state index is 12.3. The first-order valence-electron chi connectivity index (χ1n) is 8.74. The molecule has 6 heteroatoms. The average molecular weight is 372 g/mol. The van der Waals surface area contributed by atoms with Crippen LogP contribution < -0.4 is 10.6 Å². The predicted molar refractivity (Wildman–Crippen MR) is 110 cm³/mol. The summed E-state index contributed by atoms with van der Waals surface area (Å²) in [6, 6.07) is 16.5. The minimum atomic E-state index is -0.337. The van der Waals surface area contributed by atoms with Crippen molar-refractivity contribution >= 4 is 23.6 Å². The SMILES string of the molecule is C=CCNC(=O)c1ccccc1NC(=O)/C=C/c1cnn(-c2ccccc2)c1. The molecule has 0 radical (unpaired) electrons. The van der Waals surface area contributed by atoms with Gasteiger partial charge in [0.05, 0.1) is 23.1 Å². The van der Waals surface area contributed by atoms with Crippen LogP contribution in [0.4, 0.5) is 5.69 Å². The van der Waals surface area contributed by atoms with Gasteiger partial charge in [0, 0.05) is 24.4 Å². The molecule has 2 aromatic carbocycles. The molecule has 2 N–H and O–H groups in total. The van der Waals surface area contributed by atoms with E-state index in [0.717, 1.165) is 11.3 Å². The highest BCUT2D eigenvalue weighted by molar-refractivity contribution is 6.07. The summed E-state index contributed by atoms with van der Waals surface area (Å²) < 4.78 is 1.73. The zero-order valence-corrected chi connectivity index (χ0v) is 15.2. The van der Waals surface area contributed by atoms with E-state index in [-0.39, 0.29) is 11.8 Å². The molecule has 0 unspecified atom stereocenters. The zero-order chi connectivity index (χ0) is 19.8. The van der Waals surface area contributed by atoms with Crippen LogP contribution >= 0.6 is 0 Å². The molecule has 0 aliphatic heterocycles. The number of aromatic nitrogens is 2. The number of nitrogens with one attached hydrogen (secondary N) is 2. The Kier molecular flexibility index (Phi) is 6.15. The molecule has 28 heavy (non-hydrogen) atoms. The van der Waals surface area contributed by atoms with Crippen molar-refractivity contribution in [1.82, 2.24) is 15.1 Å². The van der Waals surface area contributed by atoms with E-state index < -0.39 is 0 Å². The molecular weight excluding hydrogens is 352 g/mol. The van der Waals surface area contributed by atoms with Crippen molar-refractivity contribution < 1.29 is 9.59 Å². The van der Waals surface area contributed by atoms with Gasteiger partial charge in [-0.05, 0) is 30.3 Å². The monoisotopic (exact) mass is 372 g/mol. The molecule has 0 bridgehead atoms. The molecule has 1 aromatic heterocycles. The van der Waals surface area contributed by atoms with Crippen molar-refractivity contribution in [2.24, 2.45) is 0 Å². The summed E-state index contributed by atoms with van der Waals surface area (Å²) in [5.41, 5.74) is 2.56. The van der Waals surface area contributed by atoms with E-state index in [1.54, 1.807) is 47.3 Å². The second kappa shape index (κ2) is 9.14. The van der Waals surface area contributed by atoms with E-state index in [0.29, 0.717) is 17.8 Å². The van der Waals surface area contributed by atoms with Crippen molar-refractivity contribution in [3.63, 3.8) is 0 Å². The molecule has 0 atom stereocenters. The summed E-state index contributed by atoms with van der Waals surface area (Å²) in [5.74, 6) is -0.611. The van der Waals surface area contributed by atoms with Gasteiger partial charge >= 0.3 is 0 Å². The number of carbonyl (C=O) groups excluding carboxylic acids is 2. The van der Waals surface area contributed by atoms with Gasteiger partial charge in [-0.3, -0.25) is 9.59 Å². The highest BCUT2D eigenvalue weighted by atomic mass is 16.2. The molecule has 0 saturated carbocycles. The summed E-state index contributed by atoms with van der Waals surface area (Å²) >= 11 is 0. The molecule has 0 fully saturated rings. The maximum atomic E-state index is 12.3. The first-order valence-corrected chi connectivity index (χ1v) is 8.74. The summed E-state index contributed by atoms with van der Waals surface area (Å²) in [6.07, 6.45) is 8.17. The Hall–Kier alpha value is -3.93. The largest absolute Gasteiger partial charge is 0.349 e. The standard InChI is InChI=1S/C22H20N4O2/c1-2-14-23-22(28)19-10-6-7-11-20(19)25-21(27)13-12-17-15-24-26(16-17)18-8-4-3-5-9-18/h2-13,15-16H,1,14H2,(H,23,28)(H,25,27)/b13-12+. The van der Waals surface area contributed by atoms with Crippen LogP contribution in [-0.4, -0.2) is 28.1 Å². The Morgan fingerprint density at radius 2 is 1.82 bits per heavy atom. The topological polar surface area (TPSA) is 76.0 Å². The van der Waals surface area contributed by atoms with E-state index >= 15 is 0 Å². The van der Waals surface area contributed by atoms with E-state index in [1.165, 1.54) is 6.08 Å². The Morgan fingerprint density at radius 1 is 1.07 bits per heavy atom. The van der Waals surface area contributed by atoms with Crippen LogP contribution in [0.1, 0.15) is 15.9 Å². The van der Waals surface area contributed by atoms with Crippen LogP contribution in [0.15, 0.2) is 85.7 Å². The van der Waals surface area contributed by atoms with Gasteiger partial charge in [0.25, 0.3) is 5.91 Å². The van der Waals surface area contributed by atoms with Crippen LogP contribution in [0.5, 0.6) is 0 Å². The number of hydrogen-bond donors (Lipinski definition) is 2. The Balaban J connectivity index is 1.67. The predicted octanol–water partition coefficient (Wildman–Crippen LogP) is 3.44. The van der Waals surface area contributed by atoms with Gasteiger partial charge in [-0.1, -0.05) is 36.4 Å². The fraction of sp³-hybridized carbons (Fsp3) is 0.0455. The molecule has 1 heterocycles. The molecule has 2 amide bonds. The number of hydrogen-bond acceptors (Lipinski definition) is 3. The van der Waals surface area contributed by atoms with Crippen LogP contribution in [0.3, 0.4) is 0 Å². The lowest BCUT2D eigenvalue weighted by atomic mass is 10.1. The molecule has 140 valence electrons. The van der Waals surface area contributed by atoms with Crippen molar-refractivity contribution in [2.75, 3.05) is 11.9 Å². The van der Waals surface area contributed by atoms with E-state index in [4.69, 9.17) is 0 Å². The Morgan fingerprint density at radius 3 is 2.61 bits per heavy atom. The summed E-state index contributed by atoms with van der Waals surface area (Å²) in [7, 11) is 0. The fourth-order valence-corrected chi connectivity index (χ4v) is 2.54. The summed E-state index contributed by atoms with van der Waals surface area (Å²) in [4.78, 5) is 24.5. The molecule has 0 aliphatic rings. The lowest BCUT2D eigenvalue weighted by Crippen LogP contribution is -2.24. The molecule has 0 aliphatic carbocycles. The normalized spacial score (nSPS) is 10.6. The second-order valence-corrected chi connectivity index (χ2v) is 5.92. The Bertz CT molecular complexity index is 1010. The number of benzene rings is 2.